The summed E-state index contributed by atoms with van der Waals surface area (Å²) in [4.78, 5) is 97.9. The molecule has 0 radical (unpaired) electrons. The third-order valence-corrected chi connectivity index (χ3v) is 14.3. The summed E-state index contributed by atoms with van der Waals surface area (Å²) in [6.07, 6.45) is 11.9. The van der Waals surface area contributed by atoms with Gasteiger partial charge < -0.3 is 26.6 Å². The molecule has 7 amide bonds. The van der Waals surface area contributed by atoms with Gasteiger partial charge in [0, 0.05) is 25.9 Å². The molecule has 6 fully saturated rings. The minimum absolute atomic E-state index is 0.0202. The Balaban J connectivity index is 1.25. The molecule has 6 aliphatic rings. The monoisotopic (exact) mass is 752 g/mol. The molecule has 0 bridgehead atoms. The van der Waals surface area contributed by atoms with Gasteiger partial charge in [-0.05, 0) is 84.4 Å². The van der Waals surface area contributed by atoms with E-state index in [1.165, 1.54) is 4.90 Å². The summed E-state index contributed by atoms with van der Waals surface area (Å²) < 4.78 is 0. The number of ketones is 1. The molecular weight excluding hydrogens is 688 g/mol. The first-order valence-corrected chi connectivity index (χ1v) is 20.6. The lowest BCUT2D eigenvalue weighted by atomic mass is 9.70. The molecule has 4 aliphatic carbocycles. The van der Waals surface area contributed by atoms with Crippen LogP contribution in [-0.4, -0.2) is 88.4 Å². The molecule has 0 aromatic carbocycles. The molecule has 13 nitrogen and oxygen atoms in total. The highest BCUT2D eigenvalue weighted by Gasteiger charge is 2.64. The molecular formula is C41H64N6O7. The van der Waals surface area contributed by atoms with Gasteiger partial charge in [0.25, 0.3) is 5.91 Å². The summed E-state index contributed by atoms with van der Waals surface area (Å²) in [5.41, 5.74) is 4.01. The Morgan fingerprint density at radius 2 is 1.46 bits per heavy atom. The highest BCUT2D eigenvalue weighted by atomic mass is 16.2. The number of hydrogen-bond acceptors (Lipinski definition) is 7. The Morgan fingerprint density at radius 1 is 0.833 bits per heavy atom. The predicted molar refractivity (Wildman–Crippen MR) is 201 cm³/mol. The largest absolute Gasteiger partial charge is 0.363 e. The van der Waals surface area contributed by atoms with Gasteiger partial charge in [0.05, 0.1) is 12.1 Å². The first-order chi connectivity index (χ1) is 25.2. The normalized spacial score (nSPS) is 28.7. The van der Waals surface area contributed by atoms with Crippen LogP contribution in [0.5, 0.6) is 0 Å². The van der Waals surface area contributed by atoms with Gasteiger partial charge in [-0.2, -0.15) is 0 Å². The zero-order chi connectivity index (χ0) is 39.4. The van der Waals surface area contributed by atoms with Crippen molar-refractivity contribution in [1.82, 2.24) is 25.8 Å². The summed E-state index contributed by atoms with van der Waals surface area (Å²) in [5.74, 6) is -2.90. The van der Waals surface area contributed by atoms with E-state index >= 15 is 4.79 Å². The fourth-order valence-corrected chi connectivity index (χ4v) is 10.4. The topological polar surface area (TPSA) is 188 Å². The Labute approximate surface area is 320 Å². The number of amides is 7. The van der Waals surface area contributed by atoms with Gasteiger partial charge >= 0.3 is 6.03 Å². The Kier molecular flexibility index (Phi) is 11.1. The Hall–Kier alpha value is -3.51. The van der Waals surface area contributed by atoms with Crippen LogP contribution in [0.1, 0.15) is 138 Å². The average Bonchev–Trinajstić information content (AvgIpc) is 3.62. The van der Waals surface area contributed by atoms with Gasteiger partial charge in [0.15, 0.2) is 0 Å². The van der Waals surface area contributed by atoms with Crippen molar-refractivity contribution in [2.45, 2.75) is 162 Å². The van der Waals surface area contributed by atoms with Crippen molar-refractivity contribution in [3.63, 3.8) is 0 Å². The van der Waals surface area contributed by atoms with Crippen molar-refractivity contribution in [1.29, 1.82) is 0 Å². The van der Waals surface area contributed by atoms with E-state index < -0.39 is 64.0 Å². The Morgan fingerprint density at radius 3 is 2.00 bits per heavy atom. The number of Topliss-reactive ketones (excluding diaryl/α,β-unsaturated/α-hetero) is 1. The molecule has 6 atom stereocenters. The maximum Gasteiger partial charge on any atom is 0.315 e. The number of primary amides is 1. The van der Waals surface area contributed by atoms with Crippen molar-refractivity contribution in [3.05, 3.63) is 0 Å². The van der Waals surface area contributed by atoms with Crippen molar-refractivity contribution in [2.75, 3.05) is 13.1 Å². The minimum Gasteiger partial charge on any atom is -0.363 e. The molecule has 300 valence electrons. The quantitative estimate of drug-likeness (QED) is 0.172. The summed E-state index contributed by atoms with van der Waals surface area (Å²) in [5, 5.41) is 9.03. The lowest BCUT2D eigenvalue weighted by Crippen LogP contribution is -2.63. The summed E-state index contributed by atoms with van der Waals surface area (Å²) in [7, 11) is 0. The summed E-state index contributed by atoms with van der Waals surface area (Å²) in [6.45, 7) is 12.1. The third kappa shape index (κ3) is 8.20. The van der Waals surface area contributed by atoms with Gasteiger partial charge in [-0.3, -0.25) is 33.7 Å². The number of rotatable bonds is 12. The average molecular weight is 753 g/mol. The standard InChI is InChI=1S/C41H64N6O7/c1-38(2,3)28(23-46-29(48)20-39(4,5)21-30(46)49)44-37(54)45-33(40(6)14-8-7-9-15-40)36(53)47-22-26-25(13-16-41(26)17-18-41)31(47)35(52)43-27(32(50)34(42)51)19-24-11-10-12-24/h24-28,31,33H,7-23H2,1-6H3,(H2,42,51)(H,43,52)(H2,44,45,54)/t25-,26-,27?,28+,31-,33+/m0/s1. The lowest BCUT2D eigenvalue weighted by Gasteiger charge is -2.43. The smallest absolute Gasteiger partial charge is 0.315 e. The number of fused-ring (bicyclic) bond motifs is 2. The summed E-state index contributed by atoms with van der Waals surface area (Å²) in [6, 6.07) is -3.99. The SMILES string of the molecule is CC1(C)CC(=O)N(C[C@@H](NC(=O)N[C@H](C(=O)N2C[C@H]3[C@H](CCC34CC4)[C@H]2C(=O)NC(CC2CCC2)C(=O)C(N)=O)C2(C)CCCCC2)C(C)(C)C)C(=O)C1. The number of piperidine rings is 1. The minimum atomic E-state index is -1.08. The van der Waals surface area contributed by atoms with E-state index in [1.54, 1.807) is 4.90 Å². The van der Waals surface area contributed by atoms with Gasteiger partial charge in [-0.15, -0.1) is 0 Å². The van der Waals surface area contributed by atoms with Crippen LogP contribution < -0.4 is 21.7 Å². The maximum atomic E-state index is 15.1. The number of carbonyl (C=O) groups is 7. The van der Waals surface area contributed by atoms with Crippen molar-refractivity contribution in [3.8, 4) is 0 Å². The van der Waals surface area contributed by atoms with E-state index in [1.807, 2.05) is 41.5 Å². The van der Waals surface area contributed by atoms with Gasteiger partial charge in [0.2, 0.25) is 29.4 Å². The highest BCUT2D eigenvalue weighted by molar-refractivity contribution is 6.37. The lowest BCUT2D eigenvalue weighted by molar-refractivity contribution is -0.153. The fraction of sp³-hybridized carbons (Fsp3) is 0.829. The molecule has 0 aromatic heterocycles. The number of imide groups is 1. The van der Waals surface area contributed by atoms with Crippen LogP contribution in [0.2, 0.25) is 0 Å². The molecule has 0 aromatic rings. The molecule has 2 saturated heterocycles. The molecule has 6 rings (SSSR count). The van der Waals surface area contributed by atoms with E-state index in [0.29, 0.717) is 13.0 Å². The van der Waals surface area contributed by atoms with Crippen molar-refractivity contribution < 1.29 is 33.6 Å². The molecule has 1 spiro atoms. The second-order valence-corrected chi connectivity index (χ2v) is 20.0. The molecule has 54 heavy (non-hydrogen) atoms. The number of hydrogen-bond donors (Lipinski definition) is 4. The van der Waals surface area contributed by atoms with Crippen LogP contribution in [0.25, 0.3) is 0 Å². The van der Waals surface area contributed by atoms with Crippen LogP contribution in [0.15, 0.2) is 0 Å². The van der Waals surface area contributed by atoms with E-state index in [4.69, 9.17) is 5.73 Å². The van der Waals surface area contributed by atoms with Crippen LogP contribution in [0.3, 0.4) is 0 Å². The maximum absolute atomic E-state index is 15.1. The second kappa shape index (κ2) is 14.9. The third-order valence-electron chi connectivity index (χ3n) is 14.3. The molecule has 2 heterocycles. The molecule has 13 heteroatoms. The first kappa shape index (κ1) is 40.2. The molecule has 1 unspecified atom stereocenters. The van der Waals surface area contributed by atoms with E-state index in [-0.39, 0.29) is 60.3 Å². The van der Waals surface area contributed by atoms with Crippen LogP contribution in [0.4, 0.5) is 4.79 Å². The van der Waals surface area contributed by atoms with E-state index in [0.717, 1.165) is 77.0 Å². The van der Waals surface area contributed by atoms with Gasteiger partial charge in [0.1, 0.15) is 12.1 Å². The molecule has 4 saturated carbocycles. The van der Waals surface area contributed by atoms with Crippen LogP contribution >= 0.6 is 0 Å². The van der Waals surface area contributed by atoms with Crippen molar-refractivity contribution in [2.24, 2.45) is 45.1 Å². The van der Waals surface area contributed by atoms with Crippen molar-refractivity contribution >= 4 is 41.4 Å². The molecule has 5 N–H and O–H groups in total. The second-order valence-electron chi connectivity index (χ2n) is 20.0. The van der Waals surface area contributed by atoms with Gasteiger partial charge in [-0.1, -0.05) is 80.1 Å². The number of nitrogens with zero attached hydrogens (tertiary/aromatic N) is 2. The molecule has 2 aliphatic heterocycles. The zero-order valence-corrected chi connectivity index (χ0v) is 33.4. The van der Waals surface area contributed by atoms with Crippen LogP contribution in [-0.2, 0) is 28.8 Å². The fourth-order valence-electron chi connectivity index (χ4n) is 10.4. The number of urea groups is 1. The number of carbonyl (C=O) groups excluding carboxylic acids is 7. The Bertz CT molecular complexity index is 1520. The zero-order valence-electron chi connectivity index (χ0n) is 33.4. The predicted octanol–water partition coefficient (Wildman–Crippen LogP) is 3.96. The van der Waals surface area contributed by atoms with Crippen LogP contribution in [0, 0.1) is 39.4 Å². The number of nitrogens with one attached hydrogen (secondary N) is 3. The number of likely N-dealkylation sites (tertiary alicyclic amines) is 2. The van der Waals surface area contributed by atoms with E-state index in [9.17, 15) is 28.8 Å². The number of nitrogens with two attached hydrogens (primary N) is 1. The van der Waals surface area contributed by atoms with E-state index in [2.05, 4.69) is 16.0 Å². The summed E-state index contributed by atoms with van der Waals surface area (Å²) >= 11 is 0. The highest BCUT2D eigenvalue weighted by Crippen LogP contribution is 2.66. The first-order valence-electron chi connectivity index (χ1n) is 20.6. The van der Waals surface area contributed by atoms with Gasteiger partial charge in [-0.25, -0.2) is 4.79 Å².